The number of alkyl halides is 2. The summed E-state index contributed by atoms with van der Waals surface area (Å²) < 4.78 is 29.3. The average Bonchev–Trinajstić information content (AvgIpc) is 2.92. The Balaban J connectivity index is 2.09. The normalized spacial score (nSPS) is 16.9. The molecule has 0 aromatic carbocycles. The quantitative estimate of drug-likeness (QED) is 0.598. The molecule has 1 N–H and O–H groups in total. The third kappa shape index (κ3) is 4.83. The molecular formula is C9H17F2NO2. The Kier molecular flexibility index (Phi) is 5.29. The van der Waals surface area contributed by atoms with Crippen molar-refractivity contribution in [1.29, 1.82) is 0 Å². The summed E-state index contributed by atoms with van der Waals surface area (Å²) in [6.07, 6.45) is -0.229. The minimum Gasteiger partial charge on any atom is -0.394 e. The first-order valence-electron chi connectivity index (χ1n) is 4.95. The molecule has 0 aromatic heterocycles. The van der Waals surface area contributed by atoms with Gasteiger partial charge in [-0.05, 0) is 12.8 Å². The van der Waals surface area contributed by atoms with Crippen LogP contribution in [-0.2, 0) is 4.74 Å². The van der Waals surface area contributed by atoms with Crippen molar-refractivity contribution in [2.45, 2.75) is 25.3 Å². The lowest BCUT2D eigenvalue weighted by Crippen LogP contribution is -2.34. The van der Waals surface area contributed by atoms with Crippen LogP contribution in [0.15, 0.2) is 0 Å². The molecule has 1 fully saturated rings. The zero-order chi connectivity index (χ0) is 10.4. The van der Waals surface area contributed by atoms with Gasteiger partial charge in [0.2, 0.25) is 0 Å². The van der Waals surface area contributed by atoms with E-state index >= 15 is 0 Å². The van der Waals surface area contributed by atoms with E-state index in [1.54, 1.807) is 4.90 Å². The van der Waals surface area contributed by atoms with Crippen molar-refractivity contribution in [1.82, 2.24) is 4.90 Å². The van der Waals surface area contributed by atoms with Gasteiger partial charge in [0, 0.05) is 12.6 Å². The number of rotatable bonds is 8. The first-order valence-corrected chi connectivity index (χ1v) is 4.95. The van der Waals surface area contributed by atoms with Crippen LogP contribution in [0.1, 0.15) is 12.8 Å². The van der Waals surface area contributed by atoms with Gasteiger partial charge >= 0.3 is 0 Å². The fraction of sp³-hybridized carbons (Fsp3) is 1.00. The molecule has 0 heterocycles. The van der Waals surface area contributed by atoms with E-state index in [1.807, 2.05) is 0 Å². The number of nitrogens with zero attached hydrogens (tertiary/aromatic N) is 1. The smallest absolute Gasteiger partial charge is 0.251 e. The molecule has 1 aliphatic carbocycles. The third-order valence-electron chi connectivity index (χ3n) is 2.19. The maximum Gasteiger partial charge on any atom is 0.251 e. The average molecular weight is 209 g/mol. The molecule has 0 aliphatic heterocycles. The number of hydrogen-bond donors (Lipinski definition) is 1. The Morgan fingerprint density at radius 3 is 2.57 bits per heavy atom. The number of ether oxygens (including phenoxy) is 1. The SMILES string of the molecule is OCCOCCN(CC(F)F)C1CC1. The second-order valence-corrected chi connectivity index (χ2v) is 3.45. The van der Waals surface area contributed by atoms with Crippen molar-refractivity contribution >= 4 is 0 Å². The maximum atomic E-state index is 12.1. The van der Waals surface area contributed by atoms with Gasteiger partial charge in [-0.2, -0.15) is 0 Å². The largest absolute Gasteiger partial charge is 0.394 e. The molecule has 0 spiro atoms. The third-order valence-corrected chi connectivity index (χ3v) is 2.19. The zero-order valence-corrected chi connectivity index (χ0v) is 8.16. The molecule has 84 valence electrons. The minimum absolute atomic E-state index is 0.0156. The van der Waals surface area contributed by atoms with Crippen LogP contribution in [0.3, 0.4) is 0 Å². The summed E-state index contributed by atoms with van der Waals surface area (Å²) in [7, 11) is 0. The van der Waals surface area contributed by atoms with Crippen LogP contribution < -0.4 is 0 Å². The number of hydrogen-bond acceptors (Lipinski definition) is 3. The van der Waals surface area contributed by atoms with Gasteiger partial charge in [-0.15, -0.1) is 0 Å². The Labute approximate surface area is 82.7 Å². The predicted octanol–water partition coefficient (Wildman–Crippen LogP) is 0.725. The van der Waals surface area contributed by atoms with Crippen LogP contribution in [0.5, 0.6) is 0 Å². The number of aliphatic hydroxyl groups excluding tert-OH is 1. The maximum absolute atomic E-state index is 12.1. The van der Waals surface area contributed by atoms with Crippen LogP contribution in [0, 0.1) is 0 Å². The monoisotopic (exact) mass is 209 g/mol. The van der Waals surface area contributed by atoms with E-state index in [4.69, 9.17) is 9.84 Å². The molecule has 0 aromatic rings. The highest BCUT2D eigenvalue weighted by Crippen LogP contribution is 2.26. The lowest BCUT2D eigenvalue weighted by Gasteiger charge is -2.20. The molecule has 1 saturated carbocycles. The van der Waals surface area contributed by atoms with Gasteiger partial charge in [-0.3, -0.25) is 4.90 Å². The van der Waals surface area contributed by atoms with Gasteiger partial charge < -0.3 is 9.84 Å². The first kappa shape index (κ1) is 11.8. The lowest BCUT2D eigenvalue weighted by atomic mass is 10.4. The van der Waals surface area contributed by atoms with Gasteiger partial charge in [0.1, 0.15) is 0 Å². The van der Waals surface area contributed by atoms with Gasteiger partial charge in [0.25, 0.3) is 6.43 Å². The van der Waals surface area contributed by atoms with E-state index in [1.165, 1.54) is 0 Å². The summed E-state index contributed by atoms with van der Waals surface area (Å²) in [5.41, 5.74) is 0. The van der Waals surface area contributed by atoms with Crippen molar-refractivity contribution in [2.75, 3.05) is 32.9 Å². The summed E-state index contributed by atoms with van der Waals surface area (Å²) in [5, 5.41) is 8.44. The van der Waals surface area contributed by atoms with Crippen LogP contribution in [-0.4, -0.2) is 55.4 Å². The van der Waals surface area contributed by atoms with Gasteiger partial charge in [0.15, 0.2) is 0 Å². The zero-order valence-electron chi connectivity index (χ0n) is 8.16. The molecule has 1 rings (SSSR count). The summed E-state index contributed by atoms with van der Waals surface area (Å²) in [4.78, 5) is 1.77. The molecular weight excluding hydrogens is 192 g/mol. The second kappa shape index (κ2) is 6.27. The van der Waals surface area contributed by atoms with Crippen molar-refractivity contribution in [3.8, 4) is 0 Å². The van der Waals surface area contributed by atoms with Crippen LogP contribution in [0.25, 0.3) is 0 Å². The van der Waals surface area contributed by atoms with E-state index in [-0.39, 0.29) is 19.8 Å². The molecule has 3 nitrogen and oxygen atoms in total. The first-order chi connectivity index (χ1) is 6.74. The highest BCUT2D eigenvalue weighted by atomic mass is 19.3. The fourth-order valence-electron chi connectivity index (χ4n) is 1.39. The highest BCUT2D eigenvalue weighted by Gasteiger charge is 2.30. The molecule has 1 aliphatic rings. The van der Waals surface area contributed by atoms with Crippen molar-refractivity contribution in [2.24, 2.45) is 0 Å². The highest BCUT2D eigenvalue weighted by molar-refractivity contribution is 4.84. The van der Waals surface area contributed by atoms with E-state index < -0.39 is 6.43 Å². The summed E-state index contributed by atoms with van der Waals surface area (Å²) in [6, 6.07) is 0.335. The van der Waals surface area contributed by atoms with E-state index in [2.05, 4.69) is 0 Å². The van der Waals surface area contributed by atoms with Crippen LogP contribution >= 0.6 is 0 Å². The van der Waals surface area contributed by atoms with Crippen molar-refractivity contribution < 1.29 is 18.6 Å². The fourth-order valence-corrected chi connectivity index (χ4v) is 1.39. The Morgan fingerprint density at radius 1 is 1.36 bits per heavy atom. The Bertz CT molecular complexity index is 154. The predicted molar refractivity (Wildman–Crippen MR) is 48.5 cm³/mol. The molecule has 0 amide bonds. The van der Waals surface area contributed by atoms with E-state index in [0.717, 1.165) is 12.8 Å². The summed E-state index contributed by atoms with van der Waals surface area (Å²) >= 11 is 0. The number of aliphatic hydroxyl groups is 1. The van der Waals surface area contributed by atoms with Crippen LogP contribution in [0.2, 0.25) is 0 Å². The molecule has 0 bridgehead atoms. The van der Waals surface area contributed by atoms with E-state index in [0.29, 0.717) is 19.2 Å². The van der Waals surface area contributed by atoms with Crippen molar-refractivity contribution in [3.63, 3.8) is 0 Å². The summed E-state index contributed by atoms with van der Waals surface area (Å²) in [5.74, 6) is 0. The van der Waals surface area contributed by atoms with Crippen molar-refractivity contribution in [3.05, 3.63) is 0 Å². The Hall–Kier alpha value is -0.260. The second-order valence-electron chi connectivity index (χ2n) is 3.45. The molecule has 0 atom stereocenters. The molecule has 14 heavy (non-hydrogen) atoms. The van der Waals surface area contributed by atoms with Crippen LogP contribution in [0.4, 0.5) is 8.78 Å². The van der Waals surface area contributed by atoms with E-state index in [9.17, 15) is 8.78 Å². The lowest BCUT2D eigenvalue weighted by molar-refractivity contribution is 0.0447. The minimum atomic E-state index is -2.27. The standard InChI is InChI=1S/C9H17F2NO2/c10-9(11)7-12(8-1-2-8)3-5-14-6-4-13/h8-9,13H,1-7H2. The molecule has 0 saturated heterocycles. The topological polar surface area (TPSA) is 32.7 Å². The molecule has 0 unspecified atom stereocenters. The summed E-state index contributed by atoms with van der Waals surface area (Å²) in [6.45, 7) is 1.07. The number of halogens is 2. The van der Waals surface area contributed by atoms with Gasteiger partial charge in [0.05, 0.1) is 26.4 Å². The molecule has 0 radical (unpaired) electrons. The Morgan fingerprint density at radius 2 is 2.07 bits per heavy atom. The van der Waals surface area contributed by atoms with Gasteiger partial charge in [-0.1, -0.05) is 0 Å². The molecule has 5 heteroatoms. The van der Waals surface area contributed by atoms with Gasteiger partial charge in [-0.25, -0.2) is 8.78 Å².